The lowest BCUT2D eigenvalue weighted by Crippen LogP contribution is -2.41. The smallest absolute Gasteiger partial charge is 0.252 e. The Morgan fingerprint density at radius 3 is 2.84 bits per heavy atom. The third kappa shape index (κ3) is 5.08. The van der Waals surface area contributed by atoms with Gasteiger partial charge in [-0.1, -0.05) is 12.1 Å². The first-order valence-corrected chi connectivity index (χ1v) is 7.20. The van der Waals surface area contributed by atoms with Gasteiger partial charge in [-0.2, -0.15) is 0 Å². The van der Waals surface area contributed by atoms with Gasteiger partial charge in [0.2, 0.25) is 0 Å². The number of hydrogen-bond donors (Lipinski definition) is 2. The van der Waals surface area contributed by atoms with Crippen molar-refractivity contribution in [1.29, 1.82) is 0 Å². The molecule has 0 aromatic heterocycles. The average molecular weight is 377 g/mol. The molecule has 0 aliphatic carbocycles. The van der Waals surface area contributed by atoms with Crippen LogP contribution in [0, 0.1) is 10.5 Å². The maximum atomic E-state index is 12.1. The normalized spacial score (nSPS) is 13.9. The molecular weight excluding hydrogens is 357 g/mol. The molecular formula is C14H20INO3. The number of methoxy groups -OCH3 is 1. The summed E-state index contributed by atoms with van der Waals surface area (Å²) in [7, 11) is 1.59. The van der Waals surface area contributed by atoms with Crippen LogP contribution in [0.4, 0.5) is 0 Å². The number of halogens is 1. The van der Waals surface area contributed by atoms with E-state index in [1.807, 2.05) is 19.1 Å². The van der Waals surface area contributed by atoms with Gasteiger partial charge in [0, 0.05) is 30.3 Å². The number of hydrogen-bond acceptors (Lipinski definition) is 3. The summed E-state index contributed by atoms with van der Waals surface area (Å²) in [5, 5.41) is 12.8. The molecule has 0 spiro atoms. The molecule has 1 unspecified atom stereocenters. The van der Waals surface area contributed by atoms with Gasteiger partial charge in [0.1, 0.15) is 0 Å². The fourth-order valence-corrected chi connectivity index (χ4v) is 2.20. The van der Waals surface area contributed by atoms with E-state index in [2.05, 4.69) is 27.9 Å². The number of benzene rings is 1. The lowest BCUT2D eigenvalue weighted by Gasteiger charge is -2.23. The lowest BCUT2D eigenvalue weighted by molar-refractivity contribution is 0.0243. The third-order valence-electron chi connectivity index (χ3n) is 2.91. The third-order valence-corrected chi connectivity index (χ3v) is 4.34. The van der Waals surface area contributed by atoms with Crippen LogP contribution in [0.25, 0.3) is 0 Å². The number of nitrogens with one attached hydrogen (secondary N) is 1. The molecule has 106 valence electrons. The van der Waals surface area contributed by atoms with Crippen LogP contribution in [-0.4, -0.2) is 36.9 Å². The largest absolute Gasteiger partial charge is 0.388 e. The van der Waals surface area contributed by atoms with E-state index in [1.54, 1.807) is 20.1 Å². The summed E-state index contributed by atoms with van der Waals surface area (Å²) in [6, 6.07) is 5.61. The lowest BCUT2D eigenvalue weighted by atomic mass is 10.0. The Bertz CT molecular complexity index is 446. The van der Waals surface area contributed by atoms with Gasteiger partial charge in [0.15, 0.2) is 0 Å². The van der Waals surface area contributed by atoms with Gasteiger partial charge in [0.25, 0.3) is 5.91 Å². The standard InChI is InChI=1S/C14H20INO3/c1-10-5-4-6-11(12(10)15)13(17)16-9-14(2,18)7-8-19-3/h4-6,18H,7-9H2,1-3H3,(H,16,17). The summed E-state index contributed by atoms with van der Waals surface area (Å²) in [5.41, 5.74) is 0.753. The Hall–Kier alpha value is -0.660. The maximum Gasteiger partial charge on any atom is 0.252 e. The molecule has 1 atom stereocenters. The molecule has 1 rings (SSSR count). The van der Waals surface area contributed by atoms with E-state index in [1.165, 1.54) is 0 Å². The highest BCUT2D eigenvalue weighted by Crippen LogP contribution is 2.17. The number of rotatable bonds is 6. The number of aliphatic hydroxyl groups is 1. The zero-order valence-electron chi connectivity index (χ0n) is 11.5. The highest BCUT2D eigenvalue weighted by atomic mass is 127. The molecule has 1 aromatic carbocycles. The van der Waals surface area contributed by atoms with Crippen LogP contribution >= 0.6 is 22.6 Å². The van der Waals surface area contributed by atoms with Crippen LogP contribution in [0.15, 0.2) is 18.2 Å². The van der Waals surface area contributed by atoms with Crippen molar-refractivity contribution in [2.24, 2.45) is 0 Å². The molecule has 0 fully saturated rings. The fourth-order valence-electron chi connectivity index (χ4n) is 1.60. The average Bonchev–Trinajstić information content (AvgIpc) is 2.37. The Balaban J connectivity index is 2.63. The summed E-state index contributed by atoms with van der Waals surface area (Å²) in [5.74, 6) is -0.161. The number of carbonyl (C=O) groups excluding carboxylic acids is 1. The van der Waals surface area contributed by atoms with E-state index in [9.17, 15) is 9.90 Å². The van der Waals surface area contributed by atoms with Gasteiger partial charge in [-0.05, 0) is 48.1 Å². The van der Waals surface area contributed by atoms with Gasteiger partial charge < -0.3 is 15.2 Å². The van der Waals surface area contributed by atoms with E-state index in [4.69, 9.17) is 4.74 Å². The number of ether oxygens (including phenoxy) is 1. The van der Waals surface area contributed by atoms with Gasteiger partial charge in [-0.15, -0.1) is 0 Å². The summed E-state index contributed by atoms with van der Waals surface area (Å²) < 4.78 is 5.87. The minimum atomic E-state index is -0.957. The second-order valence-electron chi connectivity index (χ2n) is 4.86. The molecule has 4 nitrogen and oxygen atoms in total. The minimum absolute atomic E-state index is 0.161. The molecule has 0 radical (unpaired) electrons. The summed E-state index contributed by atoms with van der Waals surface area (Å²) in [6.07, 6.45) is 0.481. The molecule has 0 aliphatic heterocycles. The SMILES string of the molecule is COCCC(C)(O)CNC(=O)c1cccc(C)c1I. The van der Waals surface area contributed by atoms with E-state index in [-0.39, 0.29) is 12.5 Å². The first-order chi connectivity index (χ1) is 8.87. The highest BCUT2D eigenvalue weighted by molar-refractivity contribution is 14.1. The quantitative estimate of drug-likeness (QED) is 0.747. The van der Waals surface area contributed by atoms with E-state index >= 15 is 0 Å². The van der Waals surface area contributed by atoms with Crippen molar-refractivity contribution in [3.05, 3.63) is 32.9 Å². The molecule has 0 aliphatic rings. The van der Waals surface area contributed by atoms with Crippen molar-refractivity contribution >= 4 is 28.5 Å². The number of aryl methyl sites for hydroxylation is 1. The van der Waals surface area contributed by atoms with Gasteiger partial charge in [0.05, 0.1) is 11.2 Å². The van der Waals surface area contributed by atoms with Gasteiger partial charge in [-0.3, -0.25) is 4.79 Å². The Labute approximate surface area is 127 Å². The summed E-state index contributed by atoms with van der Waals surface area (Å²) in [4.78, 5) is 12.1. The van der Waals surface area contributed by atoms with Crippen LogP contribution in [0.1, 0.15) is 29.3 Å². The minimum Gasteiger partial charge on any atom is -0.388 e. The number of amides is 1. The van der Waals surface area contributed by atoms with Crippen molar-refractivity contribution in [3.63, 3.8) is 0 Å². The predicted octanol–water partition coefficient (Wildman–Crippen LogP) is 2.12. The van der Waals surface area contributed by atoms with Crippen molar-refractivity contribution in [2.75, 3.05) is 20.3 Å². The zero-order chi connectivity index (χ0) is 14.5. The predicted molar refractivity (Wildman–Crippen MR) is 83.3 cm³/mol. The van der Waals surface area contributed by atoms with Gasteiger partial charge in [-0.25, -0.2) is 0 Å². The van der Waals surface area contributed by atoms with E-state index < -0.39 is 5.60 Å². The zero-order valence-corrected chi connectivity index (χ0v) is 13.7. The first-order valence-electron chi connectivity index (χ1n) is 6.12. The second-order valence-corrected chi connectivity index (χ2v) is 5.94. The summed E-state index contributed by atoms with van der Waals surface area (Å²) in [6.45, 7) is 4.32. The van der Waals surface area contributed by atoms with Crippen molar-refractivity contribution < 1.29 is 14.6 Å². The first kappa shape index (κ1) is 16.4. The van der Waals surface area contributed by atoms with Gasteiger partial charge >= 0.3 is 0 Å². The molecule has 2 N–H and O–H groups in total. The molecule has 0 saturated carbocycles. The van der Waals surface area contributed by atoms with Crippen LogP contribution in [0.2, 0.25) is 0 Å². The Morgan fingerprint density at radius 2 is 2.21 bits per heavy atom. The van der Waals surface area contributed by atoms with Crippen LogP contribution in [0.3, 0.4) is 0 Å². The molecule has 0 bridgehead atoms. The Kier molecular flexibility index (Phi) is 6.22. The molecule has 5 heteroatoms. The molecule has 1 aromatic rings. The van der Waals surface area contributed by atoms with E-state index in [0.717, 1.165) is 9.13 Å². The van der Waals surface area contributed by atoms with Crippen LogP contribution in [-0.2, 0) is 4.74 Å². The molecule has 19 heavy (non-hydrogen) atoms. The second kappa shape index (κ2) is 7.21. The van der Waals surface area contributed by atoms with Crippen LogP contribution in [0.5, 0.6) is 0 Å². The molecule has 0 heterocycles. The van der Waals surface area contributed by atoms with Crippen LogP contribution < -0.4 is 5.32 Å². The molecule has 0 saturated heterocycles. The van der Waals surface area contributed by atoms with Crippen molar-refractivity contribution in [2.45, 2.75) is 25.9 Å². The van der Waals surface area contributed by atoms with Crippen molar-refractivity contribution in [3.8, 4) is 0 Å². The Morgan fingerprint density at radius 1 is 1.53 bits per heavy atom. The molecule has 1 amide bonds. The number of carbonyl (C=O) groups is 1. The highest BCUT2D eigenvalue weighted by Gasteiger charge is 2.21. The monoisotopic (exact) mass is 377 g/mol. The van der Waals surface area contributed by atoms with E-state index in [0.29, 0.717) is 18.6 Å². The fraction of sp³-hybridized carbons (Fsp3) is 0.500. The van der Waals surface area contributed by atoms with Crippen molar-refractivity contribution in [1.82, 2.24) is 5.32 Å². The maximum absolute atomic E-state index is 12.1. The summed E-state index contributed by atoms with van der Waals surface area (Å²) >= 11 is 2.16. The topological polar surface area (TPSA) is 58.6 Å².